The number of hydrogen-bond acceptors (Lipinski definition) is 4. The minimum absolute atomic E-state index is 0.0961. The molecule has 0 heterocycles. The summed E-state index contributed by atoms with van der Waals surface area (Å²) in [6.45, 7) is 2.00. The van der Waals surface area contributed by atoms with Crippen LogP contribution in [-0.2, 0) is 14.6 Å². The van der Waals surface area contributed by atoms with Crippen LogP contribution in [0.5, 0.6) is 0 Å². The van der Waals surface area contributed by atoms with Gasteiger partial charge in [0.05, 0.1) is 22.8 Å². The fraction of sp³-hybridized carbons (Fsp3) is 0.316. The van der Waals surface area contributed by atoms with E-state index in [9.17, 15) is 13.7 Å². The van der Waals surface area contributed by atoms with Gasteiger partial charge in [-0.25, -0.2) is 8.42 Å². The van der Waals surface area contributed by atoms with E-state index in [0.717, 1.165) is 11.1 Å². The molecule has 0 amide bonds. The zero-order chi connectivity index (χ0) is 17.4. The highest BCUT2D eigenvalue weighted by Gasteiger charge is 2.72. The molecule has 3 rings (SSSR count). The SMILES string of the molecule is COC[C@]1(C#N)[C@H](c2ccccc2)[C@H]1S(=O)(=O)c1ccc(C)cc1. The van der Waals surface area contributed by atoms with Crippen LogP contribution in [0.4, 0.5) is 0 Å². The number of nitriles is 1. The quantitative estimate of drug-likeness (QED) is 0.838. The fourth-order valence-electron chi connectivity index (χ4n) is 3.44. The van der Waals surface area contributed by atoms with Crippen molar-refractivity contribution in [1.29, 1.82) is 5.26 Å². The molecule has 0 unspecified atom stereocenters. The van der Waals surface area contributed by atoms with Gasteiger partial charge in [-0.3, -0.25) is 0 Å². The molecule has 0 saturated heterocycles. The molecular weight excluding hydrogens is 322 g/mol. The summed E-state index contributed by atoms with van der Waals surface area (Å²) in [7, 11) is -2.13. The molecule has 4 nitrogen and oxygen atoms in total. The number of sulfone groups is 1. The van der Waals surface area contributed by atoms with Crippen LogP contribution in [0.15, 0.2) is 59.5 Å². The van der Waals surface area contributed by atoms with Crippen molar-refractivity contribution < 1.29 is 13.2 Å². The van der Waals surface area contributed by atoms with E-state index >= 15 is 0 Å². The minimum Gasteiger partial charge on any atom is -0.383 e. The first-order chi connectivity index (χ1) is 11.5. The molecule has 0 radical (unpaired) electrons. The summed E-state index contributed by atoms with van der Waals surface area (Å²) in [5.41, 5.74) is 0.810. The first-order valence-corrected chi connectivity index (χ1v) is 9.27. The average Bonchev–Trinajstić information content (AvgIpc) is 3.26. The molecule has 0 spiro atoms. The zero-order valence-electron chi connectivity index (χ0n) is 13.6. The van der Waals surface area contributed by atoms with Gasteiger partial charge in [0, 0.05) is 13.0 Å². The lowest BCUT2D eigenvalue weighted by Crippen LogP contribution is -2.19. The summed E-state index contributed by atoms with van der Waals surface area (Å²) in [4.78, 5) is 0.257. The van der Waals surface area contributed by atoms with Gasteiger partial charge >= 0.3 is 0 Å². The maximum atomic E-state index is 13.1. The molecule has 0 aliphatic heterocycles. The van der Waals surface area contributed by atoms with Crippen LogP contribution in [0.3, 0.4) is 0 Å². The first-order valence-electron chi connectivity index (χ1n) is 7.73. The van der Waals surface area contributed by atoms with Crippen LogP contribution >= 0.6 is 0 Å². The normalized spacial score (nSPS) is 25.9. The number of benzene rings is 2. The lowest BCUT2D eigenvalue weighted by atomic mass is 10.0. The van der Waals surface area contributed by atoms with E-state index in [1.54, 1.807) is 24.3 Å². The molecule has 124 valence electrons. The summed E-state index contributed by atoms with van der Waals surface area (Å²) >= 11 is 0. The molecule has 1 aliphatic rings. The van der Waals surface area contributed by atoms with Gasteiger partial charge in [0.2, 0.25) is 0 Å². The summed E-state index contributed by atoms with van der Waals surface area (Å²) in [6, 6.07) is 18.3. The van der Waals surface area contributed by atoms with E-state index in [4.69, 9.17) is 4.74 Å². The highest BCUT2D eigenvalue weighted by molar-refractivity contribution is 7.92. The Labute approximate surface area is 142 Å². The molecule has 2 aromatic carbocycles. The van der Waals surface area contributed by atoms with Crippen LogP contribution < -0.4 is 0 Å². The third-order valence-corrected chi connectivity index (χ3v) is 6.98. The highest BCUT2D eigenvalue weighted by Crippen LogP contribution is 2.63. The Morgan fingerprint density at radius 2 is 1.75 bits per heavy atom. The lowest BCUT2D eigenvalue weighted by molar-refractivity contribution is 0.162. The van der Waals surface area contributed by atoms with E-state index in [1.807, 2.05) is 37.3 Å². The molecule has 1 aliphatic carbocycles. The second-order valence-electron chi connectivity index (χ2n) is 6.25. The highest BCUT2D eigenvalue weighted by atomic mass is 32.2. The summed E-state index contributed by atoms with van der Waals surface area (Å²) in [6.07, 6.45) is 0. The Kier molecular flexibility index (Phi) is 4.20. The summed E-state index contributed by atoms with van der Waals surface area (Å²) < 4.78 is 31.5. The molecule has 3 atom stereocenters. The second-order valence-corrected chi connectivity index (χ2v) is 8.32. The Bertz CT molecular complexity index is 869. The minimum atomic E-state index is -3.62. The fourth-order valence-corrected chi connectivity index (χ4v) is 5.75. The van der Waals surface area contributed by atoms with Gasteiger partial charge in [0.15, 0.2) is 9.84 Å². The second kappa shape index (κ2) is 6.04. The zero-order valence-corrected chi connectivity index (χ0v) is 14.5. The smallest absolute Gasteiger partial charge is 0.183 e. The maximum absolute atomic E-state index is 13.1. The Balaban J connectivity index is 2.07. The van der Waals surface area contributed by atoms with Crippen LogP contribution in [0.25, 0.3) is 0 Å². The average molecular weight is 341 g/mol. The van der Waals surface area contributed by atoms with Gasteiger partial charge in [0.25, 0.3) is 0 Å². The van der Waals surface area contributed by atoms with Gasteiger partial charge in [-0.15, -0.1) is 0 Å². The van der Waals surface area contributed by atoms with Crippen molar-refractivity contribution in [2.45, 2.75) is 23.0 Å². The van der Waals surface area contributed by atoms with Crippen molar-refractivity contribution in [2.24, 2.45) is 5.41 Å². The number of aryl methyl sites for hydroxylation is 1. The summed E-state index contributed by atoms with van der Waals surface area (Å²) in [5, 5.41) is 8.96. The molecule has 5 heteroatoms. The predicted octanol–water partition coefficient (Wildman–Crippen LogP) is 3.09. The van der Waals surface area contributed by atoms with E-state index in [0.29, 0.717) is 0 Å². The van der Waals surface area contributed by atoms with Gasteiger partial charge < -0.3 is 4.74 Å². The van der Waals surface area contributed by atoms with Gasteiger partial charge in [-0.05, 0) is 24.6 Å². The van der Waals surface area contributed by atoms with Gasteiger partial charge in [-0.1, -0.05) is 48.0 Å². The number of hydrogen-bond donors (Lipinski definition) is 0. The number of ether oxygens (including phenoxy) is 1. The van der Waals surface area contributed by atoms with E-state index in [2.05, 4.69) is 6.07 Å². The van der Waals surface area contributed by atoms with Crippen molar-refractivity contribution in [3.63, 3.8) is 0 Å². The first kappa shape index (κ1) is 16.7. The predicted molar refractivity (Wildman–Crippen MR) is 91.3 cm³/mol. The summed E-state index contributed by atoms with van der Waals surface area (Å²) in [5.74, 6) is -0.380. The molecule has 0 N–H and O–H groups in total. The maximum Gasteiger partial charge on any atom is 0.183 e. The Morgan fingerprint density at radius 3 is 2.29 bits per heavy atom. The topological polar surface area (TPSA) is 67.2 Å². The van der Waals surface area contributed by atoms with E-state index < -0.39 is 20.5 Å². The van der Waals surface area contributed by atoms with Gasteiger partial charge in [-0.2, -0.15) is 5.26 Å². The van der Waals surface area contributed by atoms with Crippen molar-refractivity contribution in [1.82, 2.24) is 0 Å². The third kappa shape index (κ3) is 2.52. The molecule has 2 aromatic rings. The molecule has 1 fully saturated rings. The van der Waals surface area contributed by atoms with Gasteiger partial charge in [0.1, 0.15) is 5.41 Å². The van der Waals surface area contributed by atoms with Crippen LogP contribution in [0, 0.1) is 23.7 Å². The number of nitrogens with zero attached hydrogens (tertiary/aromatic N) is 1. The molecule has 0 bridgehead atoms. The largest absolute Gasteiger partial charge is 0.383 e. The standard InChI is InChI=1S/C19H19NO3S/c1-14-8-10-16(11-9-14)24(21,22)18-17(15-6-4-3-5-7-15)19(18,12-20)13-23-2/h3-11,17-18H,13H2,1-2H3/t17-,18-,19-/m1/s1. The Morgan fingerprint density at radius 1 is 1.12 bits per heavy atom. The van der Waals surface area contributed by atoms with Crippen molar-refractivity contribution >= 4 is 9.84 Å². The van der Waals surface area contributed by atoms with Crippen molar-refractivity contribution in [3.8, 4) is 6.07 Å². The van der Waals surface area contributed by atoms with E-state index in [1.165, 1.54) is 7.11 Å². The van der Waals surface area contributed by atoms with Crippen LogP contribution in [-0.4, -0.2) is 27.4 Å². The molecule has 24 heavy (non-hydrogen) atoms. The molecule has 1 saturated carbocycles. The lowest BCUT2D eigenvalue weighted by Gasteiger charge is -2.08. The number of methoxy groups -OCH3 is 1. The van der Waals surface area contributed by atoms with E-state index in [-0.39, 0.29) is 17.4 Å². The number of rotatable bonds is 5. The van der Waals surface area contributed by atoms with Crippen LogP contribution in [0.2, 0.25) is 0 Å². The van der Waals surface area contributed by atoms with Crippen molar-refractivity contribution in [3.05, 3.63) is 65.7 Å². The molecular formula is C19H19NO3S. The molecule has 0 aromatic heterocycles. The Hall–Kier alpha value is -2.16. The monoisotopic (exact) mass is 341 g/mol. The van der Waals surface area contributed by atoms with Crippen molar-refractivity contribution in [2.75, 3.05) is 13.7 Å². The van der Waals surface area contributed by atoms with Crippen LogP contribution in [0.1, 0.15) is 17.0 Å². The third-order valence-electron chi connectivity index (χ3n) is 4.69.